The Morgan fingerprint density at radius 3 is 2.52 bits per heavy atom. The Kier molecular flexibility index (Phi) is 6.22. The van der Waals surface area contributed by atoms with Crippen LogP contribution < -0.4 is 4.74 Å². The zero-order valence-corrected chi connectivity index (χ0v) is 15.7. The average Bonchev–Trinajstić information content (AvgIpc) is 3.21. The van der Waals surface area contributed by atoms with E-state index in [2.05, 4.69) is 16.1 Å². The van der Waals surface area contributed by atoms with Crippen LogP contribution in [0, 0.1) is 0 Å². The average molecular weight is 364 g/mol. The predicted molar refractivity (Wildman–Crippen MR) is 105 cm³/mol. The molecule has 0 aliphatic rings. The molecule has 140 valence electrons. The Bertz CT molecular complexity index is 850. The minimum atomic E-state index is -0.133. The lowest BCUT2D eigenvalue weighted by Gasteiger charge is -2.22. The van der Waals surface area contributed by atoms with Crippen LogP contribution in [0.2, 0.25) is 0 Å². The van der Waals surface area contributed by atoms with E-state index in [1.54, 1.807) is 30.4 Å². The lowest BCUT2D eigenvalue weighted by molar-refractivity contribution is 0.198. The van der Waals surface area contributed by atoms with Crippen molar-refractivity contribution in [1.29, 1.82) is 0 Å². The molecule has 3 rings (SSSR count). The minimum Gasteiger partial charge on any atom is -0.457 e. The highest BCUT2D eigenvalue weighted by atomic mass is 16.5. The van der Waals surface area contributed by atoms with Gasteiger partial charge in [0.1, 0.15) is 11.5 Å². The molecule has 0 spiro atoms. The van der Waals surface area contributed by atoms with Crippen molar-refractivity contribution in [3.63, 3.8) is 0 Å². The molecule has 1 aromatic heterocycles. The zero-order chi connectivity index (χ0) is 19.1. The van der Waals surface area contributed by atoms with Crippen LogP contribution in [0.1, 0.15) is 5.56 Å². The number of nitrogens with zero attached hydrogens (tertiary/aromatic N) is 4. The van der Waals surface area contributed by atoms with Crippen molar-refractivity contribution < 1.29 is 9.53 Å². The van der Waals surface area contributed by atoms with Crippen molar-refractivity contribution >= 4 is 6.03 Å². The molecule has 6 heteroatoms. The maximum Gasteiger partial charge on any atom is 0.344 e. The Morgan fingerprint density at radius 2 is 1.78 bits per heavy atom. The smallest absolute Gasteiger partial charge is 0.344 e. The lowest BCUT2D eigenvalue weighted by atomic mass is 10.2. The number of ether oxygens (including phenoxy) is 1. The Morgan fingerprint density at radius 1 is 1.00 bits per heavy atom. The number of amides is 1. The third kappa shape index (κ3) is 5.43. The van der Waals surface area contributed by atoms with Crippen LogP contribution in [0.5, 0.6) is 11.5 Å². The van der Waals surface area contributed by atoms with E-state index in [0.717, 1.165) is 30.2 Å². The predicted octanol–water partition coefficient (Wildman–Crippen LogP) is 3.71. The number of hydrogen-bond donors (Lipinski definition) is 0. The lowest BCUT2D eigenvalue weighted by Crippen LogP contribution is -2.37. The van der Waals surface area contributed by atoms with Crippen molar-refractivity contribution in [2.45, 2.75) is 6.54 Å². The van der Waals surface area contributed by atoms with Gasteiger partial charge in [0.2, 0.25) is 0 Å². The van der Waals surface area contributed by atoms with Gasteiger partial charge in [0.05, 0.1) is 0 Å². The summed E-state index contributed by atoms with van der Waals surface area (Å²) in [5, 5.41) is 3.97. The molecular formula is C21H24N4O2. The molecule has 3 aromatic rings. The second-order valence-corrected chi connectivity index (χ2v) is 6.46. The molecule has 1 heterocycles. The van der Waals surface area contributed by atoms with Crippen molar-refractivity contribution in [3.05, 3.63) is 78.6 Å². The van der Waals surface area contributed by atoms with E-state index in [1.165, 1.54) is 4.68 Å². The molecule has 0 N–H and O–H groups in total. The Hall–Kier alpha value is -3.12. The van der Waals surface area contributed by atoms with Gasteiger partial charge >= 0.3 is 6.03 Å². The van der Waals surface area contributed by atoms with Gasteiger partial charge in [-0.2, -0.15) is 9.78 Å². The van der Waals surface area contributed by atoms with Crippen molar-refractivity contribution in [2.24, 2.45) is 0 Å². The molecule has 0 atom stereocenters. The summed E-state index contributed by atoms with van der Waals surface area (Å²) in [6, 6.07) is 19.4. The number of carbonyl (C=O) groups excluding carboxylic acids is 1. The van der Waals surface area contributed by atoms with E-state index in [9.17, 15) is 4.79 Å². The molecule has 2 aromatic carbocycles. The largest absolute Gasteiger partial charge is 0.457 e. The molecule has 0 bridgehead atoms. The fourth-order valence-corrected chi connectivity index (χ4v) is 2.70. The quantitative estimate of drug-likeness (QED) is 0.641. The summed E-state index contributed by atoms with van der Waals surface area (Å²) in [7, 11) is 3.82. The van der Waals surface area contributed by atoms with E-state index in [4.69, 9.17) is 4.74 Å². The normalized spacial score (nSPS) is 10.8. The Balaban J connectivity index is 1.51. The summed E-state index contributed by atoms with van der Waals surface area (Å²) >= 11 is 0. The van der Waals surface area contributed by atoms with Crippen LogP contribution in [0.3, 0.4) is 0 Å². The van der Waals surface area contributed by atoms with Gasteiger partial charge in [-0.15, -0.1) is 0 Å². The number of aromatic nitrogens is 2. The third-order valence-electron chi connectivity index (χ3n) is 4.17. The molecule has 0 aliphatic heterocycles. The van der Waals surface area contributed by atoms with E-state index >= 15 is 0 Å². The molecule has 0 saturated carbocycles. The van der Waals surface area contributed by atoms with Crippen LogP contribution in [-0.2, 0) is 6.54 Å². The highest BCUT2D eigenvalue weighted by Crippen LogP contribution is 2.22. The highest BCUT2D eigenvalue weighted by Gasteiger charge is 2.12. The summed E-state index contributed by atoms with van der Waals surface area (Å²) in [6.45, 7) is 2.15. The fourth-order valence-electron chi connectivity index (χ4n) is 2.70. The molecule has 0 unspecified atom stereocenters. The number of carbonyl (C=O) groups is 1. The van der Waals surface area contributed by atoms with Crippen molar-refractivity contribution in [2.75, 3.05) is 27.2 Å². The van der Waals surface area contributed by atoms with E-state index in [0.29, 0.717) is 6.54 Å². The minimum absolute atomic E-state index is 0.133. The molecule has 0 aliphatic carbocycles. The van der Waals surface area contributed by atoms with Gasteiger partial charge in [-0.05, 0) is 42.9 Å². The maximum atomic E-state index is 12.2. The second kappa shape index (κ2) is 9.00. The maximum absolute atomic E-state index is 12.2. The molecular weight excluding hydrogens is 340 g/mol. The Labute approximate surface area is 159 Å². The molecule has 1 amide bonds. The molecule has 0 saturated heterocycles. The second-order valence-electron chi connectivity index (χ2n) is 6.46. The number of para-hydroxylation sites is 1. The van der Waals surface area contributed by atoms with Crippen molar-refractivity contribution in [3.8, 4) is 11.5 Å². The van der Waals surface area contributed by atoms with Crippen LogP contribution in [0.4, 0.5) is 4.79 Å². The van der Waals surface area contributed by atoms with Gasteiger partial charge in [-0.25, -0.2) is 4.79 Å². The standard InChI is InChI=1S/C21H24N4O2/c1-23(14-15-24(2)21(26)25-13-7-12-22-25)17-18-8-6-11-20(16-18)27-19-9-4-3-5-10-19/h3-13,16H,14-15,17H2,1-2H3. The summed E-state index contributed by atoms with van der Waals surface area (Å²) in [5.74, 6) is 1.64. The molecule has 0 radical (unpaired) electrons. The number of likely N-dealkylation sites (N-methyl/N-ethyl adjacent to an activating group) is 2. The topological polar surface area (TPSA) is 50.6 Å². The van der Waals surface area contributed by atoms with E-state index < -0.39 is 0 Å². The summed E-state index contributed by atoms with van der Waals surface area (Å²) in [5.41, 5.74) is 1.16. The van der Waals surface area contributed by atoms with Crippen LogP contribution in [-0.4, -0.2) is 52.8 Å². The zero-order valence-electron chi connectivity index (χ0n) is 15.7. The molecule has 0 fully saturated rings. The molecule has 6 nitrogen and oxygen atoms in total. The summed E-state index contributed by atoms with van der Waals surface area (Å²) in [4.78, 5) is 16.0. The van der Waals surface area contributed by atoms with E-state index in [-0.39, 0.29) is 6.03 Å². The first-order valence-corrected chi connectivity index (χ1v) is 8.87. The highest BCUT2D eigenvalue weighted by molar-refractivity contribution is 5.75. The van der Waals surface area contributed by atoms with Gasteiger partial charge in [0, 0.05) is 39.1 Å². The molecule has 27 heavy (non-hydrogen) atoms. The van der Waals surface area contributed by atoms with Gasteiger partial charge in [-0.3, -0.25) is 0 Å². The first kappa shape index (κ1) is 18.7. The van der Waals surface area contributed by atoms with Crippen LogP contribution in [0.25, 0.3) is 0 Å². The van der Waals surface area contributed by atoms with Crippen LogP contribution >= 0.6 is 0 Å². The number of hydrogen-bond acceptors (Lipinski definition) is 4. The van der Waals surface area contributed by atoms with Crippen molar-refractivity contribution in [1.82, 2.24) is 19.6 Å². The number of benzene rings is 2. The van der Waals surface area contributed by atoms with Gasteiger partial charge in [0.15, 0.2) is 0 Å². The fraction of sp³-hybridized carbons (Fsp3) is 0.238. The third-order valence-corrected chi connectivity index (χ3v) is 4.17. The van der Waals surface area contributed by atoms with E-state index in [1.807, 2.05) is 55.6 Å². The van der Waals surface area contributed by atoms with Gasteiger partial charge < -0.3 is 14.5 Å². The monoisotopic (exact) mass is 364 g/mol. The van der Waals surface area contributed by atoms with Gasteiger partial charge in [-0.1, -0.05) is 30.3 Å². The SMILES string of the molecule is CN(CCN(C)C(=O)n1cccn1)Cc1cccc(Oc2ccccc2)c1. The first-order chi connectivity index (χ1) is 13.1. The first-order valence-electron chi connectivity index (χ1n) is 8.87. The summed E-state index contributed by atoms with van der Waals surface area (Å²) < 4.78 is 7.23. The van der Waals surface area contributed by atoms with Gasteiger partial charge in [0.25, 0.3) is 0 Å². The van der Waals surface area contributed by atoms with Crippen LogP contribution in [0.15, 0.2) is 73.1 Å². The summed E-state index contributed by atoms with van der Waals surface area (Å²) in [6.07, 6.45) is 3.25. The number of rotatable bonds is 7.